The molecule has 0 radical (unpaired) electrons. The minimum absolute atomic E-state index is 0.128. The van der Waals surface area contributed by atoms with Crippen molar-refractivity contribution in [3.05, 3.63) is 53.5 Å². The minimum Gasteiger partial charge on any atom is -0.467 e. The van der Waals surface area contributed by atoms with Crippen LogP contribution in [0.5, 0.6) is 0 Å². The van der Waals surface area contributed by atoms with Crippen molar-refractivity contribution in [3.8, 4) is 0 Å². The van der Waals surface area contributed by atoms with Gasteiger partial charge in [-0.3, -0.25) is 0 Å². The molecule has 1 N–H and O–H groups in total. The molecule has 1 aromatic carbocycles. The van der Waals surface area contributed by atoms with E-state index in [0.717, 1.165) is 16.6 Å². The minimum atomic E-state index is 0.128. The molecule has 1 fully saturated rings. The Morgan fingerprint density at radius 2 is 1.96 bits per heavy atom. The zero-order valence-corrected chi connectivity index (χ0v) is 16.2. The van der Waals surface area contributed by atoms with E-state index in [-0.39, 0.29) is 6.04 Å². The van der Waals surface area contributed by atoms with E-state index in [1.165, 1.54) is 43.2 Å². The number of thiocarbonyl (C=S) groups is 1. The molecule has 25 heavy (non-hydrogen) atoms. The topological polar surface area (TPSA) is 28.4 Å². The number of hydrogen-bond acceptors (Lipinski definition) is 2. The number of furan rings is 1. The standard InChI is InChI=1S/C21H28N2OS/c1-15-11-12-16(2)19(14-15)22-21(25)23(18-8-5-4-6-9-18)17(3)20-10-7-13-24-20/h7,10-14,17-18H,4-6,8-9H2,1-3H3,(H,22,25). The molecule has 1 saturated carbocycles. The van der Waals surface area contributed by atoms with Gasteiger partial charge in [0.25, 0.3) is 0 Å². The number of nitrogens with one attached hydrogen (secondary N) is 1. The van der Waals surface area contributed by atoms with Crippen molar-refractivity contribution in [3.63, 3.8) is 0 Å². The summed E-state index contributed by atoms with van der Waals surface area (Å²) < 4.78 is 5.68. The largest absolute Gasteiger partial charge is 0.467 e. The SMILES string of the molecule is Cc1ccc(C)c(NC(=S)N(C2CCCCC2)C(C)c2ccco2)c1. The Morgan fingerprint density at radius 3 is 2.64 bits per heavy atom. The molecule has 1 aliphatic carbocycles. The average molecular weight is 357 g/mol. The molecule has 1 atom stereocenters. The molecule has 0 aliphatic heterocycles. The summed E-state index contributed by atoms with van der Waals surface area (Å²) in [5, 5.41) is 4.30. The van der Waals surface area contributed by atoms with Crippen molar-refractivity contribution in [2.24, 2.45) is 0 Å². The maximum Gasteiger partial charge on any atom is 0.174 e. The van der Waals surface area contributed by atoms with E-state index in [9.17, 15) is 0 Å². The third-order valence-electron chi connectivity index (χ3n) is 5.21. The van der Waals surface area contributed by atoms with Gasteiger partial charge in [0.05, 0.1) is 12.3 Å². The van der Waals surface area contributed by atoms with Crippen molar-refractivity contribution < 1.29 is 4.42 Å². The fourth-order valence-corrected chi connectivity index (χ4v) is 4.15. The second-order valence-corrected chi connectivity index (χ2v) is 7.53. The number of benzene rings is 1. The number of aryl methyl sites for hydroxylation is 2. The lowest BCUT2D eigenvalue weighted by molar-refractivity contribution is 0.186. The van der Waals surface area contributed by atoms with Gasteiger partial charge in [-0.2, -0.15) is 0 Å². The Hall–Kier alpha value is -1.81. The van der Waals surface area contributed by atoms with Crippen LogP contribution < -0.4 is 5.32 Å². The van der Waals surface area contributed by atoms with Crippen molar-refractivity contribution in [2.45, 2.75) is 65.0 Å². The first kappa shape index (κ1) is 18.0. The van der Waals surface area contributed by atoms with E-state index in [1.54, 1.807) is 6.26 Å². The molecule has 2 aromatic rings. The van der Waals surface area contributed by atoms with Gasteiger partial charge in [-0.05, 0) is 75.2 Å². The van der Waals surface area contributed by atoms with E-state index >= 15 is 0 Å². The van der Waals surface area contributed by atoms with Crippen molar-refractivity contribution in [2.75, 3.05) is 5.32 Å². The zero-order chi connectivity index (χ0) is 17.8. The van der Waals surface area contributed by atoms with Crippen LogP contribution in [0.15, 0.2) is 41.0 Å². The van der Waals surface area contributed by atoms with Crippen LogP contribution in [0, 0.1) is 13.8 Å². The molecule has 1 unspecified atom stereocenters. The van der Waals surface area contributed by atoms with Crippen LogP contribution in [0.3, 0.4) is 0 Å². The van der Waals surface area contributed by atoms with Crippen LogP contribution in [-0.4, -0.2) is 16.1 Å². The molecule has 1 heterocycles. The molecule has 3 nitrogen and oxygen atoms in total. The molecule has 3 rings (SSSR count). The fourth-order valence-electron chi connectivity index (χ4n) is 3.73. The Balaban J connectivity index is 1.84. The van der Waals surface area contributed by atoms with Crippen LogP contribution in [0.1, 0.15) is 62.0 Å². The molecule has 0 spiro atoms. The maximum absolute atomic E-state index is 5.86. The maximum atomic E-state index is 5.86. The fraction of sp³-hybridized carbons (Fsp3) is 0.476. The highest BCUT2D eigenvalue weighted by atomic mass is 32.1. The van der Waals surface area contributed by atoms with Gasteiger partial charge in [0.15, 0.2) is 5.11 Å². The molecule has 0 bridgehead atoms. The second-order valence-electron chi connectivity index (χ2n) is 7.14. The summed E-state index contributed by atoms with van der Waals surface area (Å²) in [5.41, 5.74) is 3.54. The molecule has 134 valence electrons. The first-order valence-corrected chi connectivity index (χ1v) is 9.67. The first-order chi connectivity index (χ1) is 12.1. The molecule has 4 heteroatoms. The molecule has 1 aromatic heterocycles. The molecule has 0 saturated heterocycles. The van der Waals surface area contributed by atoms with E-state index in [2.05, 4.69) is 49.2 Å². The van der Waals surface area contributed by atoms with E-state index in [0.29, 0.717) is 6.04 Å². The summed E-state index contributed by atoms with van der Waals surface area (Å²) in [7, 11) is 0. The van der Waals surface area contributed by atoms with Gasteiger partial charge in [0, 0.05) is 11.7 Å². The van der Waals surface area contributed by atoms with Gasteiger partial charge >= 0.3 is 0 Å². The number of anilines is 1. The molecular formula is C21H28N2OS. The van der Waals surface area contributed by atoms with Crippen LogP contribution in [0.25, 0.3) is 0 Å². The van der Waals surface area contributed by atoms with Crippen molar-refractivity contribution in [1.82, 2.24) is 4.90 Å². The lowest BCUT2D eigenvalue weighted by Gasteiger charge is -2.40. The number of hydrogen-bond donors (Lipinski definition) is 1. The van der Waals surface area contributed by atoms with Gasteiger partial charge in [0.2, 0.25) is 0 Å². The quantitative estimate of drug-likeness (QED) is 0.681. The Morgan fingerprint density at radius 1 is 1.20 bits per heavy atom. The third kappa shape index (κ3) is 4.24. The van der Waals surface area contributed by atoms with Crippen LogP contribution in [0.4, 0.5) is 5.69 Å². The Kier molecular flexibility index (Phi) is 5.79. The van der Waals surface area contributed by atoms with Gasteiger partial charge in [-0.1, -0.05) is 31.4 Å². The highest BCUT2D eigenvalue weighted by Gasteiger charge is 2.29. The predicted octanol–water partition coefficient (Wildman–Crippen LogP) is 5.99. The summed E-state index contributed by atoms with van der Waals surface area (Å²) in [5.74, 6) is 0.968. The van der Waals surface area contributed by atoms with Crippen molar-refractivity contribution in [1.29, 1.82) is 0 Å². The second kappa shape index (κ2) is 8.05. The lowest BCUT2D eigenvalue weighted by atomic mass is 9.93. The summed E-state index contributed by atoms with van der Waals surface area (Å²) in [6, 6.07) is 11.0. The smallest absolute Gasteiger partial charge is 0.174 e. The summed E-state index contributed by atoms with van der Waals surface area (Å²) in [4.78, 5) is 2.36. The van der Waals surface area contributed by atoms with Gasteiger partial charge in [0.1, 0.15) is 5.76 Å². The Bertz CT molecular complexity index is 705. The predicted molar refractivity (Wildman–Crippen MR) is 108 cm³/mol. The molecular weight excluding hydrogens is 328 g/mol. The summed E-state index contributed by atoms with van der Waals surface area (Å²) in [6.07, 6.45) is 8.01. The highest BCUT2D eigenvalue weighted by Crippen LogP contribution is 2.31. The lowest BCUT2D eigenvalue weighted by Crippen LogP contribution is -2.45. The summed E-state index contributed by atoms with van der Waals surface area (Å²) >= 11 is 5.86. The average Bonchev–Trinajstić information content (AvgIpc) is 3.14. The molecule has 1 aliphatic rings. The van der Waals surface area contributed by atoms with Gasteiger partial charge in [-0.15, -0.1) is 0 Å². The van der Waals surface area contributed by atoms with Crippen LogP contribution >= 0.6 is 12.2 Å². The van der Waals surface area contributed by atoms with Gasteiger partial charge in [-0.25, -0.2) is 0 Å². The Labute approximate surface area is 156 Å². The van der Waals surface area contributed by atoms with Crippen molar-refractivity contribution >= 4 is 23.0 Å². The van der Waals surface area contributed by atoms with E-state index < -0.39 is 0 Å². The van der Waals surface area contributed by atoms with Crippen LogP contribution in [0.2, 0.25) is 0 Å². The highest BCUT2D eigenvalue weighted by molar-refractivity contribution is 7.80. The third-order valence-corrected chi connectivity index (χ3v) is 5.52. The first-order valence-electron chi connectivity index (χ1n) is 9.26. The van der Waals surface area contributed by atoms with E-state index in [1.807, 2.05) is 12.1 Å². The molecule has 0 amide bonds. The monoisotopic (exact) mass is 356 g/mol. The number of rotatable bonds is 4. The number of nitrogens with zero attached hydrogens (tertiary/aromatic N) is 1. The van der Waals surface area contributed by atoms with Gasteiger partial charge < -0.3 is 14.6 Å². The van der Waals surface area contributed by atoms with E-state index in [4.69, 9.17) is 16.6 Å². The zero-order valence-electron chi connectivity index (χ0n) is 15.4. The van der Waals surface area contributed by atoms with Crippen LogP contribution in [-0.2, 0) is 0 Å². The normalized spacial score (nSPS) is 16.4. The summed E-state index contributed by atoms with van der Waals surface area (Å²) in [6.45, 7) is 6.41.